The molecule has 2 aliphatic rings. The summed E-state index contributed by atoms with van der Waals surface area (Å²) in [6.07, 6.45) is 0. The first-order chi connectivity index (χ1) is 14.1. The van der Waals surface area contributed by atoms with Crippen molar-refractivity contribution in [1.82, 2.24) is 30.4 Å². The molecule has 1 N–H and O–H groups in total. The van der Waals surface area contributed by atoms with Crippen molar-refractivity contribution in [1.29, 1.82) is 0 Å². The average Bonchev–Trinajstić information content (AvgIpc) is 3.44. The van der Waals surface area contributed by atoms with Crippen LogP contribution in [0.1, 0.15) is 18.3 Å². The van der Waals surface area contributed by atoms with Gasteiger partial charge in [-0.2, -0.15) is 4.68 Å². The molecular weight excluding hydrogens is 376 g/mol. The summed E-state index contributed by atoms with van der Waals surface area (Å²) in [7, 11) is 0. The molecule has 1 unspecified atom stereocenters. The number of para-hydroxylation sites is 1. The minimum Gasteiger partial charge on any atom is -0.454 e. The molecule has 2 aromatic carbocycles. The number of amides is 3. The number of hydrogen-bond acceptors (Lipinski definition) is 7. The van der Waals surface area contributed by atoms with Crippen LogP contribution in [-0.4, -0.2) is 43.8 Å². The van der Waals surface area contributed by atoms with Gasteiger partial charge in [0, 0.05) is 0 Å². The lowest BCUT2D eigenvalue weighted by Gasteiger charge is -2.22. The number of hydrogen-bond donors (Lipinski definition) is 1. The summed E-state index contributed by atoms with van der Waals surface area (Å²) in [6.45, 7) is 1.72. The summed E-state index contributed by atoms with van der Waals surface area (Å²) < 4.78 is 12.2. The Hall–Kier alpha value is -3.95. The quantitative estimate of drug-likeness (QED) is 0.667. The van der Waals surface area contributed by atoms with Crippen LogP contribution in [0, 0.1) is 0 Å². The van der Waals surface area contributed by atoms with Crippen LogP contribution < -0.4 is 14.8 Å². The van der Waals surface area contributed by atoms with Crippen LogP contribution in [0.5, 0.6) is 11.5 Å². The third-order valence-corrected chi connectivity index (χ3v) is 5.06. The van der Waals surface area contributed by atoms with E-state index >= 15 is 0 Å². The molecule has 3 heterocycles. The van der Waals surface area contributed by atoms with Crippen molar-refractivity contribution >= 4 is 11.9 Å². The predicted octanol–water partition coefficient (Wildman–Crippen LogP) is 1.36. The van der Waals surface area contributed by atoms with E-state index in [0.717, 1.165) is 10.6 Å². The lowest BCUT2D eigenvalue weighted by molar-refractivity contribution is -0.131. The third kappa shape index (κ3) is 2.68. The van der Waals surface area contributed by atoms with E-state index in [-0.39, 0.29) is 13.3 Å². The van der Waals surface area contributed by atoms with Crippen LogP contribution in [0.2, 0.25) is 0 Å². The van der Waals surface area contributed by atoms with E-state index in [2.05, 4.69) is 20.8 Å². The number of carbonyl (C=O) groups excluding carboxylic acids is 2. The maximum Gasteiger partial charge on any atom is 0.325 e. The molecule has 0 spiro atoms. The topological polar surface area (TPSA) is 111 Å². The lowest BCUT2D eigenvalue weighted by atomic mass is 9.91. The number of nitrogens with zero attached hydrogens (tertiary/aromatic N) is 5. The van der Waals surface area contributed by atoms with Gasteiger partial charge < -0.3 is 14.8 Å². The molecule has 29 heavy (non-hydrogen) atoms. The smallest absolute Gasteiger partial charge is 0.325 e. The first kappa shape index (κ1) is 17.2. The first-order valence-corrected chi connectivity index (χ1v) is 8.93. The Bertz CT molecular complexity index is 1110. The molecular formula is C19H16N6O4. The maximum atomic E-state index is 13.2. The van der Waals surface area contributed by atoms with E-state index in [1.54, 1.807) is 25.1 Å². The predicted molar refractivity (Wildman–Crippen MR) is 98.2 cm³/mol. The van der Waals surface area contributed by atoms with Gasteiger partial charge in [-0.25, -0.2) is 4.79 Å². The molecule has 10 heteroatoms. The number of fused-ring (bicyclic) bond motifs is 1. The van der Waals surface area contributed by atoms with Gasteiger partial charge in [-0.1, -0.05) is 24.3 Å². The van der Waals surface area contributed by atoms with Crippen LogP contribution in [-0.2, 0) is 16.9 Å². The molecule has 0 aliphatic carbocycles. The Morgan fingerprint density at radius 3 is 2.72 bits per heavy atom. The molecule has 1 saturated heterocycles. The highest BCUT2D eigenvalue weighted by atomic mass is 16.7. The van der Waals surface area contributed by atoms with Gasteiger partial charge in [0.25, 0.3) is 5.91 Å². The number of urea groups is 1. The van der Waals surface area contributed by atoms with Gasteiger partial charge in [0.15, 0.2) is 17.3 Å². The van der Waals surface area contributed by atoms with Gasteiger partial charge in [-0.15, -0.1) is 5.10 Å². The van der Waals surface area contributed by atoms with Crippen LogP contribution in [0.3, 0.4) is 0 Å². The fraction of sp³-hybridized carbons (Fsp3) is 0.211. The monoisotopic (exact) mass is 392 g/mol. The van der Waals surface area contributed by atoms with Crippen molar-refractivity contribution < 1.29 is 19.1 Å². The van der Waals surface area contributed by atoms with Crippen molar-refractivity contribution in [3.63, 3.8) is 0 Å². The van der Waals surface area contributed by atoms with E-state index in [1.165, 1.54) is 4.68 Å². The molecule has 3 aromatic rings. The van der Waals surface area contributed by atoms with E-state index in [4.69, 9.17) is 9.47 Å². The number of rotatable bonds is 4. The van der Waals surface area contributed by atoms with Gasteiger partial charge in [-0.3, -0.25) is 9.69 Å². The summed E-state index contributed by atoms with van der Waals surface area (Å²) in [5, 5.41) is 14.4. The molecule has 10 nitrogen and oxygen atoms in total. The van der Waals surface area contributed by atoms with Crippen LogP contribution >= 0.6 is 0 Å². The van der Waals surface area contributed by atoms with Crippen molar-refractivity contribution in [2.24, 2.45) is 0 Å². The van der Waals surface area contributed by atoms with Gasteiger partial charge in [0.2, 0.25) is 6.79 Å². The van der Waals surface area contributed by atoms with Crippen molar-refractivity contribution in [2.45, 2.75) is 19.0 Å². The van der Waals surface area contributed by atoms with Crippen LogP contribution in [0.25, 0.3) is 5.69 Å². The minimum atomic E-state index is -1.23. The van der Waals surface area contributed by atoms with E-state index in [9.17, 15) is 9.59 Å². The third-order valence-electron chi connectivity index (χ3n) is 5.06. The van der Waals surface area contributed by atoms with Crippen molar-refractivity contribution in [3.05, 3.63) is 59.9 Å². The molecule has 0 saturated carbocycles. The Balaban J connectivity index is 1.44. The zero-order chi connectivity index (χ0) is 20.0. The Morgan fingerprint density at radius 2 is 1.90 bits per heavy atom. The standard InChI is InChI=1S/C19H16N6O4/c1-19(12-7-8-14-15(9-12)29-11-28-14)17(26)24(18(27)20-19)10-16-21-22-23-25(16)13-5-3-2-4-6-13/h2-9H,10-11H2,1H3,(H,20,27). The summed E-state index contributed by atoms with van der Waals surface area (Å²) in [4.78, 5) is 27.0. The maximum absolute atomic E-state index is 13.2. The molecule has 3 amide bonds. The molecule has 2 aliphatic heterocycles. The normalized spacial score (nSPS) is 20.2. The summed E-state index contributed by atoms with van der Waals surface area (Å²) >= 11 is 0. The fourth-order valence-electron chi connectivity index (χ4n) is 3.46. The molecule has 5 rings (SSSR count). The fourth-order valence-corrected chi connectivity index (χ4v) is 3.46. The van der Waals surface area contributed by atoms with E-state index < -0.39 is 17.5 Å². The average molecular weight is 392 g/mol. The van der Waals surface area contributed by atoms with Gasteiger partial charge >= 0.3 is 6.03 Å². The second-order valence-electron chi connectivity index (χ2n) is 6.86. The number of carbonyl (C=O) groups is 2. The van der Waals surface area contributed by atoms with Crippen LogP contribution in [0.15, 0.2) is 48.5 Å². The molecule has 0 bridgehead atoms. The molecule has 1 fully saturated rings. The van der Waals surface area contributed by atoms with Gasteiger partial charge in [0.1, 0.15) is 5.54 Å². The molecule has 146 valence electrons. The number of imide groups is 1. The number of nitrogens with one attached hydrogen (secondary N) is 1. The van der Waals surface area contributed by atoms with Crippen molar-refractivity contribution in [3.8, 4) is 17.2 Å². The van der Waals surface area contributed by atoms with E-state index in [1.807, 2.05) is 30.3 Å². The number of ether oxygens (including phenoxy) is 2. The first-order valence-electron chi connectivity index (χ1n) is 8.93. The SMILES string of the molecule is CC1(c2ccc3c(c2)OCO3)NC(=O)N(Cc2nnnn2-c2ccccc2)C1=O. The lowest BCUT2D eigenvalue weighted by Crippen LogP contribution is -2.40. The Labute approximate surface area is 165 Å². The Morgan fingerprint density at radius 1 is 1.10 bits per heavy atom. The van der Waals surface area contributed by atoms with Crippen LogP contribution in [0.4, 0.5) is 4.79 Å². The van der Waals surface area contributed by atoms with Gasteiger partial charge in [-0.05, 0) is 47.2 Å². The summed E-state index contributed by atoms with van der Waals surface area (Å²) in [5.41, 5.74) is 0.103. The second-order valence-corrected chi connectivity index (χ2v) is 6.86. The Kier molecular flexibility index (Phi) is 3.73. The summed E-state index contributed by atoms with van der Waals surface area (Å²) in [6, 6.07) is 13.9. The highest BCUT2D eigenvalue weighted by molar-refractivity contribution is 6.07. The molecule has 1 atom stereocenters. The van der Waals surface area contributed by atoms with E-state index in [0.29, 0.717) is 22.9 Å². The number of benzene rings is 2. The zero-order valence-corrected chi connectivity index (χ0v) is 15.4. The van der Waals surface area contributed by atoms with Gasteiger partial charge in [0.05, 0.1) is 12.2 Å². The molecule has 1 aromatic heterocycles. The minimum absolute atomic E-state index is 0.0628. The molecule has 0 radical (unpaired) electrons. The highest BCUT2D eigenvalue weighted by Gasteiger charge is 2.49. The number of tetrazole rings is 1. The number of aromatic nitrogens is 4. The second kappa shape index (κ2) is 6.30. The zero-order valence-electron chi connectivity index (χ0n) is 15.4. The summed E-state index contributed by atoms with van der Waals surface area (Å²) in [5.74, 6) is 1.11. The van der Waals surface area contributed by atoms with Crippen molar-refractivity contribution in [2.75, 3.05) is 6.79 Å². The largest absolute Gasteiger partial charge is 0.454 e. The highest BCUT2D eigenvalue weighted by Crippen LogP contribution is 2.38.